The fourth-order valence-electron chi connectivity index (χ4n) is 3.70. The zero-order valence-corrected chi connectivity index (χ0v) is 16.6. The van der Waals surface area contributed by atoms with Crippen LogP contribution >= 0.6 is 11.6 Å². The van der Waals surface area contributed by atoms with Crippen molar-refractivity contribution in [3.8, 4) is 11.5 Å². The van der Waals surface area contributed by atoms with Crippen molar-refractivity contribution in [3.05, 3.63) is 53.1 Å². The van der Waals surface area contributed by atoms with Crippen molar-refractivity contribution < 1.29 is 14.3 Å². The number of rotatable bonds is 3. The quantitative estimate of drug-likeness (QED) is 0.858. The minimum Gasteiger partial charge on any atom is -0.497 e. The maximum Gasteiger partial charge on any atom is 0.317 e. The highest BCUT2D eigenvalue weighted by atomic mass is 35.5. The lowest BCUT2D eigenvalue weighted by molar-refractivity contribution is 0.178. The Balaban J connectivity index is 1.31. The molecule has 28 heavy (non-hydrogen) atoms. The van der Waals surface area contributed by atoms with E-state index in [4.69, 9.17) is 21.1 Å². The summed E-state index contributed by atoms with van der Waals surface area (Å²) in [5.41, 5.74) is 2.15. The number of carbonyl (C=O) groups excluding carboxylic acids is 1. The molecule has 2 heterocycles. The standard InChI is InChI=1S/C21H24ClN3O3/c1-27-19-5-6-20-15(12-19)11-17(14-28-20)23-21(26)25-9-7-24(8-10-25)18-4-2-3-16(22)13-18/h2-6,12-13,17H,7-11,14H2,1H3,(H,23,26)/t17-/m1/s1. The molecule has 2 aliphatic heterocycles. The van der Waals surface area contributed by atoms with Crippen LogP contribution in [-0.4, -0.2) is 56.9 Å². The Morgan fingerprint density at radius 2 is 2.00 bits per heavy atom. The molecule has 148 valence electrons. The maximum atomic E-state index is 12.7. The normalized spacial score (nSPS) is 18.9. The number of anilines is 1. The summed E-state index contributed by atoms with van der Waals surface area (Å²) in [5.74, 6) is 1.66. The molecule has 4 rings (SSSR count). The van der Waals surface area contributed by atoms with Gasteiger partial charge in [0.1, 0.15) is 18.1 Å². The van der Waals surface area contributed by atoms with Gasteiger partial charge in [-0.2, -0.15) is 0 Å². The topological polar surface area (TPSA) is 54.0 Å². The van der Waals surface area contributed by atoms with Gasteiger partial charge in [-0.05, 0) is 48.4 Å². The number of carbonyl (C=O) groups is 1. The van der Waals surface area contributed by atoms with Gasteiger partial charge in [0, 0.05) is 36.9 Å². The largest absolute Gasteiger partial charge is 0.497 e. The SMILES string of the molecule is COc1ccc2c(c1)C[C@@H](NC(=O)N1CCN(c3cccc(Cl)c3)CC1)CO2. The number of hydrogen-bond acceptors (Lipinski definition) is 4. The van der Waals surface area contributed by atoms with Crippen LogP contribution in [0.3, 0.4) is 0 Å². The third-order valence-electron chi connectivity index (χ3n) is 5.24. The Morgan fingerprint density at radius 3 is 2.75 bits per heavy atom. The van der Waals surface area contributed by atoms with Gasteiger partial charge in [0.2, 0.25) is 0 Å². The van der Waals surface area contributed by atoms with Gasteiger partial charge >= 0.3 is 6.03 Å². The highest BCUT2D eigenvalue weighted by Gasteiger charge is 2.26. The van der Waals surface area contributed by atoms with Crippen LogP contribution in [0.15, 0.2) is 42.5 Å². The van der Waals surface area contributed by atoms with Crippen molar-refractivity contribution in [2.45, 2.75) is 12.5 Å². The lowest BCUT2D eigenvalue weighted by atomic mass is 10.0. The molecule has 0 aliphatic carbocycles. The Bertz CT molecular complexity index is 853. The Morgan fingerprint density at radius 1 is 1.18 bits per heavy atom. The number of hydrogen-bond donors (Lipinski definition) is 1. The highest BCUT2D eigenvalue weighted by molar-refractivity contribution is 6.30. The Hall–Kier alpha value is -2.60. The van der Waals surface area contributed by atoms with E-state index >= 15 is 0 Å². The van der Waals surface area contributed by atoms with Crippen LogP contribution in [0.25, 0.3) is 0 Å². The molecule has 7 heteroatoms. The van der Waals surface area contributed by atoms with Crippen molar-refractivity contribution in [2.24, 2.45) is 0 Å². The van der Waals surface area contributed by atoms with E-state index in [0.717, 1.165) is 47.3 Å². The first-order valence-electron chi connectivity index (χ1n) is 9.48. The second-order valence-corrected chi connectivity index (χ2v) is 7.53. The average molecular weight is 402 g/mol. The third kappa shape index (κ3) is 4.12. The summed E-state index contributed by atoms with van der Waals surface area (Å²) in [6.45, 7) is 3.41. The van der Waals surface area contributed by atoms with Gasteiger partial charge < -0.3 is 24.6 Å². The average Bonchev–Trinajstić information content (AvgIpc) is 2.73. The van der Waals surface area contributed by atoms with Crippen molar-refractivity contribution in [1.82, 2.24) is 10.2 Å². The number of nitrogens with zero attached hydrogens (tertiary/aromatic N) is 2. The summed E-state index contributed by atoms with van der Waals surface area (Å²) in [6, 6.07) is 13.5. The van der Waals surface area contributed by atoms with E-state index in [-0.39, 0.29) is 12.1 Å². The summed E-state index contributed by atoms with van der Waals surface area (Å²) >= 11 is 6.09. The summed E-state index contributed by atoms with van der Waals surface area (Å²) in [6.07, 6.45) is 0.737. The molecular weight excluding hydrogens is 378 g/mol. The lowest BCUT2D eigenvalue weighted by Crippen LogP contribution is -2.55. The van der Waals surface area contributed by atoms with E-state index in [1.165, 1.54) is 0 Å². The molecule has 2 amide bonds. The van der Waals surface area contributed by atoms with Crippen molar-refractivity contribution in [1.29, 1.82) is 0 Å². The van der Waals surface area contributed by atoms with Gasteiger partial charge in [-0.3, -0.25) is 0 Å². The molecule has 2 aliphatic rings. The number of piperazine rings is 1. The zero-order valence-electron chi connectivity index (χ0n) is 15.9. The van der Waals surface area contributed by atoms with Gasteiger partial charge in [0.05, 0.1) is 13.2 Å². The fraction of sp³-hybridized carbons (Fsp3) is 0.381. The van der Waals surface area contributed by atoms with Crippen LogP contribution < -0.4 is 19.7 Å². The molecule has 1 saturated heterocycles. The second kappa shape index (κ2) is 8.19. The summed E-state index contributed by atoms with van der Waals surface area (Å²) in [5, 5.41) is 3.84. The van der Waals surface area contributed by atoms with Gasteiger partial charge in [-0.15, -0.1) is 0 Å². The van der Waals surface area contributed by atoms with Gasteiger partial charge in [0.25, 0.3) is 0 Å². The predicted molar refractivity (Wildman–Crippen MR) is 110 cm³/mol. The van der Waals surface area contributed by atoms with Gasteiger partial charge in [0.15, 0.2) is 0 Å². The number of methoxy groups -OCH3 is 1. The van der Waals surface area contributed by atoms with E-state index in [1.807, 2.05) is 47.4 Å². The van der Waals surface area contributed by atoms with Crippen LogP contribution in [0, 0.1) is 0 Å². The first kappa shape index (κ1) is 18.7. The second-order valence-electron chi connectivity index (χ2n) is 7.09. The fourth-order valence-corrected chi connectivity index (χ4v) is 3.88. The third-order valence-corrected chi connectivity index (χ3v) is 5.48. The van der Waals surface area contributed by atoms with E-state index in [2.05, 4.69) is 10.2 Å². The number of nitrogens with one attached hydrogen (secondary N) is 1. The van der Waals surface area contributed by atoms with Gasteiger partial charge in [-0.25, -0.2) is 4.79 Å². The molecule has 2 aromatic rings. The minimum atomic E-state index is -0.0435. The molecule has 0 saturated carbocycles. The summed E-state index contributed by atoms with van der Waals surface area (Å²) in [7, 11) is 1.65. The molecular formula is C21H24ClN3O3. The molecule has 0 spiro atoms. The van der Waals surface area contributed by atoms with Gasteiger partial charge in [-0.1, -0.05) is 17.7 Å². The molecule has 6 nitrogen and oxygen atoms in total. The molecule has 0 unspecified atom stereocenters. The first-order valence-corrected chi connectivity index (χ1v) is 9.86. The maximum absolute atomic E-state index is 12.7. The summed E-state index contributed by atoms with van der Waals surface area (Å²) < 4.78 is 11.1. The summed E-state index contributed by atoms with van der Waals surface area (Å²) in [4.78, 5) is 16.8. The Labute approximate surface area is 170 Å². The number of urea groups is 1. The monoisotopic (exact) mass is 401 g/mol. The van der Waals surface area contributed by atoms with E-state index in [1.54, 1.807) is 7.11 Å². The van der Waals surface area contributed by atoms with Crippen molar-refractivity contribution in [2.75, 3.05) is 44.8 Å². The molecule has 1 atom stereocenters. The molecule has 1 fully saturated rings. The first-order chi connectivity index (χ1) is 13.6. The van der Waals surface area contributed by atoms with Crippen molar-refractivity contribution >= 4 is 23.3 Å². The molecule has 0 bridgehead atoms. The highest BCUT2D eigenvalue weighted by Crippen LogP contribution is 2.28. The van der Waals surface area contributed by atoms with E-state index in [9.17, 15) is 4.79 Å². The predicted octanol–water partition coefficient (Wildman–Crippen LogP) is 3.18. The molecule has 0 radical (unpaired) electrons. The molecule has 2 aromatic carbocycles. The van der Waals surface area contributed by atoms with E-state index < -0.39 is 0 Å². The number of halogens is 1. The lowest BCUT2D eigenvalue weighted by Gasteiger charge is -2.37. The number of fused-ring (bicyclic) bond motifs is 1. The Kier molecular flexibility index (Phi) is 5.48. The van der Waals surface area contributed by atoms with Crippen molar-refractivity contribution in [3.63, 3.8) is 0 Å². The molecule has 0 aromatic heterocycles. The molecule has 1 N–H and O–H groups in total. The number of amides is 2. The van der Waals surface area contributed by atoms with E-state index in [0.29, 0.717) is 19.7 Å². The van der Waals surface area contributed by atoms with Crippen LogP contribution in [-0.2, 0) is 6.42 Å². The van der Waals surface area contributed by atoms with Crippen LogP contribution in [0.1, 0.15) is 5.56 Å². The smallest absolute Gasteiger partial charge is 0.317 e. The number of ether oxygens (including phenoxy) is 2. The minimum absolute atomic E-state index is 0.0364. The van der Waals surface area contributed by atoms with Crippen LogP contribution in [0.2, 0.25) is 5.02 Å². The van der Waals surface area contributed by atoms with Crippen LogP contribution in [0.5, 0.6) is 11.5 Å². The van der Waals surface area contributed by atoms with Crippen LogP contribution in [0.4, 0.5) is 10.5 Å². The number of benzene rings is 2. The zero-order chi connectivity index (χ0) is 19.5.